The number of likely N-dealkylation sites (N-methyl/N-ethyl adjacent to an activating group) is 1. The molecule has 1 rings (SSSR count). The lowest BCUT2D eigenvalue weighted by Gasteiger charge is -2.31. The van der Waals surface area contributed by atoms with Crippen molar-refractivity contribution in [3.05, 3.63) is 24.8 Å². The third-order valence-electron chi connectivity index (χ3n) is 2.85. The number of hydrogen-bond donors (Lipinski definition) is 0. The Morgan fingerprint density at radius 1 is 1.31 bits per heavy atom. The van der Waals surface area contributed by atoms with E-state index >= 15 is 0 Å². The minimum Gasteiger partial charge on any atom is -0.304 e. The molecule has 0 radical (unpaired) electrons. The fourth-order valence-corrected chi connectivity index (χ4v) is 1.70. The summed E-state index contributed by atoms with van der Waals surface area (Å²) < 4.78 is 0. The fraction of sp³-hybridized carbons (Fsp3) is 0.615. The summed E-state index contributed by atoms with van der Waals surface area (Å²) in [4.78, 5) is 9.35. The molecule has 0 spiro atoms. The van der Waals surface area contributed by atoms with Crippen molar-refractivity contribution in [2.75, 3.05) is 46.3 Å². The molecule has 16 heavy (non-hydrogen) atoms. The summed E-state index contributed by atoms with van der Waals surface area (Å²) in [6.45, 7) is 12.4. The van der Waals surface area contributed by atoms with E-state index < -0.39 is 0 Å². The van der Waals surface area contributed by atoms with Crippen molar-refractivity contribution in [3.63, 3.8) is 0 Å². The lowest BCUT2D eigenvalue weighted by atomic mass is 10.3. The van der Waals surface area contributed by atoms with Crippen LogP contribution in [0.1, 0.15) is 6.92 Å². The number of allylic oxidation sites excluding steroid dienone is 3. The van der Waals surface area contributed by atoms with Crippen LogP contribution in [0.5, 0.6) is 0 Å². The Kier molecular flexibility index (Phi) is 6.04. The highest BCUT2D eigenvalue weighted by Gasteiger charge is 2.12. The first-order valence-electron chi connectivity index (χ1n) is 5.93. The predicted octanol–water partition coefficient (Wildman–Crippen LogP) is 1.44. The minimum atomic E-state index is 0.900. The van der Waals surface area contributed by atoms with E-state index in [1.54, 1.807) is 6.08 Å². The summed E-state index contributed by atoms with van der Waals surface area (Å²) in [6.07, 6.45) is 5.70. The molecule has 0 aromatic carbocycles. The van der Waals surface area contributed by atoms with Gasteiger partial charge in [-0.1, -0.05) is 18.7 Å². The van der Waals surface area contributed by atoms with Crippen LogP contribution in [0, 0.1) is 0 Å². The van der Waals surface area contributed by atoms with Crippen molar-refractivity contribution < 1.29 is 0 Å². The van der Waals surface area contributed by atoms with E-state index in [0.717, 1.165) is 18.8 Å². The molecule has 1 heterocycles. The molecule has 0 bridgehead atoms. The second-order valence-corrected chi connectivity index (χ2v) is 4.26. The van der Waals surface area contributed by atoms with E-state index in [4.69, 9.17) is 0 Å². The van der Waals surface area contributed by atoms with Crippen LogP contribution >= 0.6 is 0 Å². The van der Waals surface area contributed by atoms with Gasteiger partial charge in [-0.3, -0.25) is 9.89 Å². The first-order chi connectivity index (χ1) is 7.72. The highest BCUT2D eigenvalue weighted by molar-refractivity contribution is 5.92. The van der Waals surface area contributed by atoms with Crippen LogP contribution in [0.3, 0.4) is 0 Å². The predicted molar refractivity (Wildman–Crippen MR) is 71.3 cm³/mol. The van der Waals surface area contributed by atoms with Gasteiger partial charge in [-0.2, -0.15) is 0 Å². The van der Waals surface area contributed by atoms with E-state index in [1.807, 2.05) is 19.1 Å². The summed E-state index contributed by atoms with van der Waals surface area (Å²) in [5.74, 6) is 0. The minimum absolute atomic E-state index is 0.900. The molecule has 0 unspecified atom stereocenters. The van der Waals surface area contributed by atoms with Crippen LogP contribution in [-0.2, 0) is 0 Å². The van der Waals surface area contributed by atoms with Crippen molar-refractivity contribution in [2.45, 2.75) is 6.92 Å². The maximum absolute atomic E-state index is 4.50. The number of nitrogens with zero attached hydrogens (tertiary/aromatic N) is 3. The Balaban J connectivity index is 2.19. The Bertz CT molecular complexity index is 260. The SMILES string of the molecule is C=C/C=C\C(C)=NCCN1CCN(C)CC1. The van der Waals surface area contributed by atoms with Crippen molar-refractivity contribution in [1.29, 1.82) is 0 Å². The number of rotatable bonds is 5. The summed E-state index contributed by atoms with van der Waals surface area (Å²) >= 11 is 0. The Morgan fingerprint density at radius 2 is 2.00 bits per heavy atom. The highest BCUT2D eigenvalue weighted by atomic mass is 15.2. The second kappa shape index (κ2) is 7.36. The van der Waals surface area contributed by atoms with E-state index in [0.29, 0.717) is 0 Å². The van der Waals surface area contributed by atoms with Gasteiger partial charge in [0, 0.05) is 38.4 Å². The molecule has 0 aliphatic carbocycles. The van der Waals surface area contributed by atoms with E-state index in [1.165, 1.54) is 26.2 Å². The zero-order chi connectivity index (χ0) is 11.8. The van der Waals surface area contributed by atoms with Gasteiger partial charge >= 0.3 is 0 Å². The molecular weight excluding hydrogens is 198 g/mol. The first kappa shape index (κ1) is 13.1. The number of hydrogen-bond acceptors (Lipinski definition) is 3. The number of aliphatic imine (C=N–C) groups is 1. The third-order valence-corrected chi connectivity index (χ3v) is 2.85. The van der Waals surface area contributed by atoms with E-state index in [9.17, 15) is 0 Å². The quantitative estimate of drug-likeness (QED) is 0.517. The molecule has 1 saturated heterocycles. The molecule has 3 nitrogen and oxygen atoms in total. The zero-order valence-corrected chi connectivity index (χ0v) is 10.5. The first-order valence-corrected chi connectivity index (χ1v) is 5.93. The summed E-state index contributed by atoms with van der Waals surface area (Å²) in [5, 5.41) is 0. The molecule has 1 aliphatic heterocycles. The van der Waals surface area contributed by atoms with Crippen LogP contribution < -0.4 is 0 Å². The Hall–Kier alpha value is -0.930. The molecule has 0 atom stereocenters. The smallest absolute Gasteiger partial charge is 0.0519 e. The largest absolute Gasteiger partial charge is 0.304 e. The zero-order valence-electron chi connectivity index (χ0n) is 10.5. The lowest BCUT2D eigenvalue weighted by Crippen LogP contribution is -2.45. The van der Waals surface area contributed by atoms with Crippen molar-refractivity contribution in [3.8, 4) is 0 Å². The fourth-order valence-electron chi connectivity index (χ4n) is 1.70. The van der Waals surface area contributed by atoms with Crippen LogP contribution in [0.4, 0.5) is 0 Å². The molecule has 1 aliphatic rings. The van der Waals surface area contributed by atoms with Crippen LogP contribution in [0.2, 0.25) is 0 Å². The van der Waals surface area contributed by atoms with Crippen molar-refractivity contribution >= 4 is 5.71 Å². The Morgan fingerprint density at radius 3 is 2.62 bits per heavy atom. The summed E-state index contributed by atoms with van der Waals surface area (Å²) in [6, 6.07) is 0. The van der Waals surface area contributed by atoms with Crippen LogP contribution in [-0.4, -0.2) is 61.8 Å². The molecular formula is C13H23N3. The molecule has 0 aromatic rings. The molecule has 0 N–H and O–H groups in total. The molecule has 3 heteroatoms. The molecule has 0 saturated carbocycles. The highest BCUT2D eigenvalue weighted by Crippen LogP contribution is 1.98. The monoisotopic (exact) mass is 221 g/mol. The molecule has 0 amide bonds. The average molecular weight is 221 g/mol. The van der Waals surface area contributed by atoms with Gasteiger partial charge in [-0.05, 0) is 20.0 Å². The van der Waals surface area contributed by atoms with Crippen molar-refractivity contribution in [2.24, 2.45) is 4.99 Å². The molecule has 0 aromatic heterocycles. The van der Waals surface area contributed by atoms with Crippen LogP contribution in [0.15, 0.2) is 29.8 Å². The standard InChI is InChI=1S/C13H23N3/c1-4-5-6-13(2)14-7-8-16-11-9-15(3)10-12-16/h4-6H,1,7-12H2,2-3H3/b6-5-,14-13?. The van der Waals surface area contributed by atoms with Gasteiger partial charge in [0.1, 0.15) is 0 Å². The lowest BCUT2D eigenvalue weighted by molar-refractivity contribution is 0.157. The van der Waals surface area contributed by atoms with Crippen molar-refractivity contribution in [1.82, 2.24) is 9.80 Å². The van der Waals surface area contributed by atoms with Gasteiger partial charge in [0.2, 0.25) is 0 Å². The van der Waals surface area contributed by atoms with Gasteiger partial charge in [0.15, 0.2) is 0 Å². The maximum Gasteiger partial charge on any atom is 0.0519 e. The van der Waals surface area contributed by atoms with E-state index in [2.05, 4.69) is 28.4 Å². The van der Waals surface area contributed by atoms with Gasteiger partial charge < -0.3 is 4.90 Å². The second-order valence-electron chi connectivity index (χ2n) is 4.26. The molecule has 1 fully saturated rings. The normalized spacial score (nSPS) is 20.5. The summed E-state index contributed by atoms with van der Waals surface area (Å²) in [5.41, 5.74) is 1.08. The van der Waals surface area contributed by atoms with Crippen LogP contribution in [0.25, 0.3) is 0 Å². The van der Waals surface area contributed by atoms with Gasteiger partial charge in [-0.15, -0.1) is 0 Å². The summed E-state index contributed by atoms with van der Waals surface area (Å²) in [7, 11) is 2.18. The average Bonchev–Trinajstić information content (AvgIpc) is 2.29. The number of piperazine rings is 1. The molecule has 90 valence electrons. The van der Waals surface area contributed by atoms with Gasteiger partial charge in [0.05, 0.1) is 6.54 Å². The van der Waals surface area contributed by atoms with Gasteiger partial charge in [-0.25, -0.2) is 0 Å². The topological polar surface area (TPSA) is 18.8 Å². The Labute approximate surface area is 99.1 Å². The van der Waals surface area contributed by atoms with E-state index in [-0.39, 0.29) is 0 Å². The third kappa shape index (κ3) is 5.24. The van der Waals surface area contributed by atoms with Gasteiger partial charge in [0.25, 0.3) is 0 Å². The maximum atomic E-state index is 4.50.